The van der Waals surface area contributed by atoms with E-state index in [-0.39, 0.29) is 5.54 Å². The average Bonchev–Trinajstić information content (AvgIpc) is 2.38. The highest BCUT2D eigenvalue weighted by Crippen LogP contribution is 2.34. The molecule has 0 saturated carbocycles. The highest BCUT2D eigenvalue weighted by atomic mass is 15.2. The molecular weight excluding hydrogens is 229 g/mol. The summed E-state index contributed by atoms with van der Waals surface area (Å²) in [6.45, 7) is 9.59. The Morgan fingerprint density at radius 3 is 1.63 bits per heavy atom. The molecule has 2 heteroatoms. The van der Waals surface area contributed by atoms with E-state index in [2.05, 4.69) is 81.0 Å². The molecule has 96 valence electrons. The molecule has 0 aromatic heterocycles. The Balaban J connectivity index is 2.30. The van der Waals surface area contributed by atoms with Gasteiger partial charge in [0.2, 0.25) is 6.71 Å². The standard InChI is InChI=1S/C17H20BN/c1-17(2,3)19-15-11-7-5-9-13(15)18(4)14-10-6-8-12-16(14)19/h5-12H,1-4H3. The van der Waals surface area contributed by atoms with Gasteiger partial charge in [-0.1, -0.05) is 54.1 Å². The maximum Gasteiger partial charge on any atom is 0.211 e. The molecule has 1 aliphatic heterocycles. The second-order valence-electron chi connectivity index (χ2n) is 6.35. The second kappa shape index (κ2) is 4.16. The van der Waals surface area contributed by atoms with E-state index in [1.54, 1.807) is 0 Å². The van der Waals surface area contributed by atoms with E-state index in [1.807, 2.05) is 0 Å². The minimum atomic E-state index is 0.0757. The molecule has 0 N–H and O–H groups in total. The summed E-state index contributed by atoms with van der Waals surface area (Å²) in [5, 5.41) is 0. The van der Waals surface area contributed by atoms with Crippen LogP contribution in [0.3, 0.4) is 0 Å². The molecule has 0 aliphatic carbocycles. The van der Waals surface area contributed by atoms with Crippen LogP contribution in [0.2, 0.25) is 6.82 Å². The first-order valence-electron chi connectivity index (χ1n) is 6.98. The normalized spacial score (nSPS) is 14.1. The Hall–Kier alpha value is -1.70. The molecule has 19 heavy (non-hydrogen) atoms. The van der Waals surface area contributed by atoms with Gasteiger partial charge in [-0.05, 0) is 32.9 Å². The van der Waals surface area contributed by atoms with Gasteiger partial charge in [0.1, 0.15) is 0 Å². The summed E-state index contributed by atoms with van der Waals surface area (Å²) in [5.74, 6) is 0. The van der Waals surface area contributed by atoms with Crippen LogP contribution < -0.4 is 15.8 Å². The Bertz CT molecular complexity index is 565. The molecule has 3 rings (SSSR count). The number of anilines is 2. The van der Waals surface area contributed by atoms with Gasteiger partial charge in [0.15, 0.2) is 0 Å². The lowest BCUT2D eigenvalue weighted by Gasteiger charge is -2.44. The first kappa shape index (κ1) is 12.3. The first-order chi connectivity index (χ1) is 9.00. The van der Waals surface area contributed by atoms with Crippen LogP contribution in [0.25, 0.3) is 0 Å². The Kier molecular flexibility index (Phi) is 2.70. The lowest BCUT2D eigenvalue weighted by molar-refractivity contribution is 0.561. The smallest absolute Gasteiger partial charge is 0.211 e. The molecular formula is C17H20BN. The molecule has 0 radical (unpaired) electrons. The molecule has 1 nitrogen and oxygen atoms in total. The van der Waals surface area contributed by atoms with E-state index in [9.17, 15) is 0 Å². The molecule has 2 aromatic carbocycles. The fourth-order valence-corrected chi connectivity index (χ4v) is 3.13. The number of fused-ring (bicyclic) bond motifs is 2. The quantitative estimate of drug-likeness (QED) is 0.648. The van der Waals surface area contributed by atoms with Gasteiger partial charge in [0, 0.05) is 16.9 Å². The average molecular weight is 249 g/mol. The summed E-state index contributed by atoms with van der Waals surface area (Å²) < 4.78 is 0. The summed E-state index contributed by atoms with van der Waals surface area (Å²) in [4.78, 5) is 2.47. The van der Waals surface area contributed by atoms with Gasteiger partial charge in [0.05, 0.1) is 0 Å². The van der Waals surface area contributed by atoms with E-state index < -0.39 is 0 Å². The Labute approximate surface area is 116 Å². The fraction of sp³-hybridized carbons (Fsp3) is 0.294. The largest absolute Gasteiger partial charge is 0.337 e. The third-order valence-electron chi connectivity index (χ3n) is 3.96. The summed E-state index contributed by atoms with van der Waals surface area (Å²) in [7, 11) is 0. The molecule has 2 aromatic rings. The minimum absolute atomic E-state index is 0.0757. The van der Waals surface area contributed by atoms with Crippen molar-refractivity contribution in [2.45, 2.75) is 33.1 Å². The van der Waals surface area contributed by atoms with Crippen LogP contribution in [0, 0.1) is 0 Å². The van der Waals surface area contributed by atoms with Gasteiger partial charge in [0.25, 0.3) is 0 Å². The van der Waals surface area contributed by atoms with Crippen LogP contribution in [0.1, 0.15) is 20.8 Å². The summed E-state index contributed by atoms with van der Waals surface area (Å²) in [5.41, 5.74) is 5.63. The van der Waals surface area contributed by atoms with Gasteiger partial charge < -0.3 is 4.90 Å². The third kappa shape index (κ3) is 1.86. The van der Waals surface area contributed by atoms with E-state index in [0.717, 1.165) is 0 Å². The van der Waals surface area contributed by atoms with Crippen molar-refractivity contribution in [1.82, 2.24) is 0 Å². The van der Waals surface area contributed by atoms with Crippen LogP contribution in [0.15, 0.2) is 48.5 Å². The molecule has 0 fully saturated rings. The van der Waals surface area contributed by atoms with E-state index in [1.165, 1.54) is 22.3 Å². The molecule has 1 heterocycles. The van der Waals surface area contributed by atoms with Crippen molar-refractivity contribution in [1.29, 1.82) is 0 Å². The van der Waals surface area contributed by atoms with E-state index in [4.69, 9.17) is 0 Å². The number of para-hydroxylation sites is 2. The number of hydrogen-bond acceptors (Lipinski definition) is 1. The maximum absolute atomic E-state index is 2.47. The van der Waals surface area contributed by atoms with Crippen molar-refractivity contribution in [3.63, 3.8) is 0 Å². The number of rotatable bonds is 0. The SMILES string of the molecule is CB1c2ccccc2N(C(C)(C)C)c2ccccc21. The van der Waals surface area contributed by atoms with Crippen molar-refractivity contribution >= 4 is 29.0 Å². The highest BCUT2D eigenvalue weighted by Gasteiger charge is 2.34. The summed E-state index contributed by atoms with van der Waals surface area (Å²) in [6, 6.07) is 17.6. The van der Waals surface area contributed by atoms with Crippen LogP contribution in [-0.4, -0.2) is 12.3 Å². The monoisotopic (exact) mass is 249 g/mol. The first-order valence-corrected chi connectivity index (χ1v) is 6.98. The van der Waals surface area contributed by atoms with Crippen LogP contribution in [0.4, 0.5) is 11.4 Å². The summed E-state index contributed by atoms with van der Waals surface area (Å²) >= 11 is 0. The Morgan fingerprint density at radius 1 is 0.789 bits per heavy atom. The van der Waals surface area contributed by atoms with Gasteiger partial charge in [-0.2, -0.15) is 0 Å². The molecule has 0 bridgehead atoms. The van der Waals surface area contributed by atoms with Crippen molar-refractivity contribution < 1.29 is 0 Å². The lowest BCUT2D eigenvalue weighted by atomic mass is 9.40. The summed E-state index contributed by atoms with van der Waals surface area (Å²) in [6.07, 6.45) is 0. The van der Waals surface area contributed by atoms with Crippen molar-refractivity contribution in [3.05, 3.63) is 48.5 Å². The Morgan fingerprint density at radius 2 is 1.21 bits per heavy atom. The van der Waals surface area contributed by atoms with E-state index >= 15 is 0 Å². The van der Waals surface area contributed by atoms with Gasteiger partial charge in [-0.15, -0.1) is 0 Å². The topological polar surface area (TPSA) is 3.24 Å². The highest BCUT2D eigenvalue weighted by molar-refractivity contribution is 6.87. The fourth-order valence-electron chi connectivity index (χ4n) is 3.13. The molecule has 0 amide bonds. The predicted octanol–water partition coefficient (Wildman–Crippen LogP) is 3.18. The molecule has 0 unspecified atom stereocenters. The van der Waals surface area contributed by atoms with Gasteiger partial charge in [-0.3, -0.25) is 0 Å². The van der Waals surface area contributed by atoms with Gasteiger partial charge >= 0.3 is 0 Å². The zero-order chi connectivity index (χ0) is 13.6. The molecule has 0 atom stereocenters. The van der Waals surface area contributed by atoms with Crippen molar-refractivity contribution in [2.24, 2.45) is 0 Å². The predicted molar refractivity (Wildman–Crippen MR) is 85.7 cm³/mol. The zero-order valence-electron chi connectivity index (χ0n) is 12.1. The molecule has 1 aliphatic rings. The van der Waals surface area contributed by atoms with Crippen molar-refractivity contribution in [2.75, 3.05) is 4.90 Å². The number of hydrogen-bond donors (Lipinski definition) is 0. The number of nitrogens with zero attached hydrogens (tertiary/aromatic N) is 1. The van der Waals surface area contributed by atoms with Crippen LogP contribution in [0.5, 0.6) is 0 Å². The second-order valence-corrected chi connectivity index (χ2v) is 6.35. The lowest BCUT2D eigenvalue weighted by Crippen LogP contribution is -2.53. The molecule has 0 spiro atoms. The van der Waals surface area contributed by atoms with E-state index in [0.29, 0.717) is 6.71 Å². The number of benzene rings is 2. The van der Waals surface area contributed by atoms with Crippen LogP contribution >= 0.6 is 0 Å². The zero-order valence-corrected chi connectivity index (χ0v) is 12.1. The third-order valence-corrected chi connectivity index (χ3v) is 3.96. The maximum atomic E-state index is 2.47. The van der Waals surface area contributed by atoms with Crippen LogP contribution in [-0.2, 0) is 0 Å². The van der Waals surface area contributed by atoms with Crippen molar-refractivity contribution in [3.8, 4) is 0 Å². The molecule has 0 saturated heterocycles. The minimum Gasteiger partial charge on any atom is -0.337 e. The van der Waals surface area contributed by atoms with Gasteiger partial charge in [-0.25, -0.2) is 0 Å².